The lowest BCUT2D eigenvalue weighted by Crippen LogP contribution is -2.17. The molecule has 3 nitrogen and oxygen atoms in total. The summed E-state index contributed by atoms with van der Waals surface area (Å²) in [4.78, 5) is 19.3. The second kappa shape index (κ2) is 5.68. The number of para-hydroxylation sites is 2. The molecule has 0 bridgehead atoms. The summed E-state index contributed by atoms with van der Waals surface area (Å²) in [5.74, 6) is 0. The van der Waals surface area contributed by atoms with Gasteiger partial charge in [0.15, 0.2) is 0 Å². The lowest BCUT2D eigenvalue weighted by atomic mass is 10.1. The van der Waals surface area contributed by atoms with Crippen LogP contribution in [0.25, 0.3) is 11.0 Å². The van der Waals surface area contributed by atoms with Gasteiger partial charge in [-0.2, -0.15) is 0 Å². The molecule has 0 fully saturated rings. The monoisotopic (exact) mass is 338 g/mol. The van der Waals surface area contributed by atoms with E-state index in [0.29, 0.717) is 26.6 Å². The Balaban J connectivity index is 2.15. The molecule has 0 aliphatic heterocycles. The molecule has 0 saturated carbocycles. The largest absolute Gasteiger partial charge is 0.319 e. The third-order valence-corrected chi connectivity index (χ3v) is 4.11. The summed E-state index contributed by atoms with van der Waals surface area (Å²) in [7, 11) is 0. The number of hydrogen-bond donors (Lipinski definition) is 1. The maximum Gasteiger partial charge on any atom is 0.272 e. The van der Waals surface area contributed by atoms with E-state index in [1.807, 2.05) is 18.2 Å². The first-order chi connectivity index (χ1) is 10.1. The van der Waals surface area contributed by atoms with Gasteiger partial charge in [0.25, 0.3) is 5.56 Å². The predicted octanol–water partition coefficient (Wildman–Crippen LogP) is 4.56. The summed E-state index contributed by atoms with van der Waals surface area (Å²) in [6.45, 7) is 0. The maximum atomic E-state index is 12.2. The van der Waals surface area contributed by atoms with E-state index in [9.17, 15) is 4.79 Å². The highest BCUT2D eigenvalue weighted by Gasteiger charge is 2.19. The average Bonchev–Trinajstić information content (AvgIpc) is 2.46. The smallest absolute Gasteiger partial charge is 0.272 e. The van der Waals surface area contributed by atoms with E-state index in [4.69, 9.17) is 34.8 Å². The summed E-state index contributed by atoms with van der Waals surface area (Å²) >= 11 is 18.4. The number of nitrogens with zero attached hydrogens (tertiary/aromatic N) is 1. The highest BCUT2D eigenvalue weighted by molar-refractivity contribution is 6.36. The first-order valence-corrected chi connectivity index (χ1v) is 7.33. The molecular formula is C15H9Cl3N2O. The van der Waals surface area contributed by atoms with Gasteiger partial charge in [-0.15, -0.1) is 11.6 Å². The van der Waals surface area contributed by atoms with Gasteiger partial charge in [0, 0.05) is 10.0 Å². The summed E-state index contributed by atoms with van der Waals surface area (Å²) < 4.78 is 0. The first-order valence-electron chi connectivity index (χ1n) is 6.14. The van der Waals surface area contributed by atoms with Crippen LogP contribution in [0, 0.1) is 0 Å². The predicted molar refractivity (Wildman–Crippen MR) is 86.5 cm³/mol. The summed E-state index contributed by atoms with van der Waals surface area (Å²) in [5.41, 5.74) is 1.80. The van der Waals surface area contributed by atoms with Crippen LogP contribution in [0.1, 0.15) is 16.6 Å². The van der Waals surface area contributed by atoms with Crippen molar-refractivity contribution in [2.45, 2.75) is 5.38 Å². The topological polar surface area (TPSA) is 45.8 Å². The first kappa shape index (κ1) is 14.4. The van der Waals surface area contributed by atoms with E-state index >= 15 is 0 Å². The van der Waals surface area contributed by atoms with E-state index in [1.165, 1.54) is 0 Å². The maximum absolute atomic E-state index is 12.2. The molecule has 0 saturated heterocycles. The van der Waals surface area contributed by atoms with Crippen LogP contribution < -0.4 is 5.56 Å². The van der Waals surface area contributed by atoms with Crippen molar-refractivity contribution in [2.24, 2.45) is 0 Å². The highest BCUT2D eigenvalue weighted by Crippen LogP contribution is 2.33. The number of H-pyrrole nitrogens is 1. The van der Waals surface area contributed by atoms with Crippen molar-refractivity contribution >= 4 is 45.8 Å². The van der Waals surface area contributed by atoms with Crippen molar-refractivity contribution in [1.82, 2.24) is 9.97 Å². The number of halogens is 3. The molecule has 0 radical (unpaired) electrons. The fourth-order valence-corrected chi connectivity index (χ4v) is 2.98. The van der Waals surface area contributed by atoms with Gasteiger partial charge in [-0.25, -0.2) is 4.98 Å². The Morgan fingerprint density at radius 3 is 2.62 bits per heavy atom. The second-order valence-electron chi connectivity index (χ2n) is 4.50. The normalized spacial score (nSPS) is 12.5. The molecule has 0 aliphatic rings. The molecule has 1 aromatic heterocycles. The number of alkyl halides is 1. The van der Waals surface area contributed by atoms with Gasteiger partial charge >= 0.3 is 0 Å². The van der Waals surface area contributed by atoms with Crippen molar-refractivity contribution in [3.8, 4) is 0 Å². The molecule has 106 valence electrons. The van der Waals surface area contributed by atoms with Gasteiger partial charge in [0.05, 0.1) is 11.0 Å². The summed E-state index contributed by atoms with van der Waals surface area (Å²) in [6.07, 6.45) is 0. The minimum absolute atomic E-state index is 0.208. The Labute approximate surface area is 135 Å². The number of nitrogens with one attached hydrogen (secondary N) is 1. The Kier molecular flexibility index (Phi) is 3.89. The van der Waals surface area contributed by atoms with Crippen molar-refractivity contribution in [1.29, 1.82) is 0 Å². The van der Waals surface area contributed by atoms with E-state index < -0.39 is 5.38 Å². The van der Waals surface area contributed by atoms with Crippen LogP contribution in [0.3, 0.4) is 0 Å². The summed E-state index contributed by atoms with van der Waals surface area (Å²) in [6, 6.07) is 12.2. The van der Waals surface area contributed by atoms with Crippen LogP contribution in [0.4, 0.5) is 0 Å². The molecule has 3 rings (SSSR count). The molecule has 1 heterocycles. The van der Waals surface area contributed by atoms with Crippen molar-refractivity contribution < 1.29 is 0 Å². The molecule has 3 aromatic rings. The second-order valence-corrected chi connectivity index (χ2v) is 5.78. The Morgan fingerprint density at radius 1 is 1.10 bits per heavy atom. The van der Waals surface area contributed by atoms with Gasteiger partial charge in [-0.05, 0) is 29.8 Å². The van der Waals surface area contributed by atoms with Crippen LogP contribution >= 0.6 is 34.8 Å². The number of hydrogen-bond acceptors (Lipinski definition) is 2. The fourth-order valence-electron chi connectivity index (χ4n) is 2.07. The van der Waals surface area contributed by atoms with Crippen LogP contribution in [0.5, 0.6) is 0 Å². The van der Waals surface area contributed by atoms with E-state index in [0.717, 1.165) is 0 Å². The van der Waals surface area contributed by atoms with E-state index in [-0.39, 0.29) is 11.3 Å². The van der Waals surface area contributed by atoms with Crippen LogP contribution in [-0.4, -0.2) is 9.97 Å². The molecule has 1 N–H and O–H groups in total. The lowest BCUT2D eigenvalue weighted by molar-refractivity contribution is 0.999. The number of aromatic amines is 1. The molecule has 0 unspecified atom stereocenters. The Morgan fingerprint density at radius 2 is 1.86 bits per heavy atom. The number of rotatable bonds is 2. The average molecular weight is 340 g/mol. The van der Waals surface area contributed by atoms with Gasteiger partial charge in [-0.3, -0.25) is 4.79 Å². The van der Waals surface area contributed by atoms with Gasteiger partial charge < -0.3 is 4.98 Å². The minimum atomic E-state index is -0.747. The molecule has 0 aliphatic carbocycles. The molecule has 21 heavy (non-hydrogen) atoms. The quantitative estimate of drug-likeness (QED) is 0.696. The van der Waals surface area contributed by atoms with Crippen LogP contribution in [-0.2, 0) is 0 Å². The zero-order chi connectivity index (χ0) is 15.0. The van der Waals surface area contributed by atoms with Crippen LogP contribution in [0.15, 0.2) is 47.3 Å². The highest BCUT2D eigenvalue weighted by atomic mass is 35.5. The van der Waals surface area contributed by atoms with Crippen molar-refractivity contribution in [3.05, 3.63) is 74.1 Å². The van der Waals surface area contributed by atoms with Gasteiger partial charge in [0.1, 0.15) is 11.1 Å². The molecular weight excluding hydrogens is 331 g/mol. The van der Waals surface area contributed by atoms with Crippen molar-refractivity contribution in [3.63, 3.8) is 0 Å². The third-order valence-electron chi connectivity index (χ3n) is 3.10. The van der Waals surface area contributed by atoms with E-state index in [2.05, 4.69) is 9.97 Å². The molecule has 2 aromatic carbocycles. The minimum Gasteiger partial charge on any atom is -0.319 e. The standard InChI is InChI=1S/C15H9Cl3N2O/c16-8-5-6-9(10(17)7-8)13(18)14-15(21)20-12-4-2-1-3-11(12)19-14/h1-7,13H,(H,20,21)/t13-/m1/s1. The molecule has 0 amide bonds. The molecule has 1 atom stereocenters. The lowest BCUT2D eigenvalue weighted by Gasteiger charge is -2.11. The number of benzene rings is 2. The zero-order valence-electron chi connectivity index (χ0n) is 10.6. The molecule has 6 heteroatoms. The number of fused-ring (bicyclic) bond motifs is 1. The third kappa shape index (κ3) is 2.77. The van der Waals surface area contributed by atoms with Gasteiger partial charge in [-0.1, -0.05) is 41.4 Å². The Bertz CT molecular complexity index is 876. The zero-order valence-corrected chi connectivity index (χ0v) is 12.9. The van der Waals surface area contributed by atoms with Crippen molar-refractivity contribution in [2.75, 3.05) is 0 Å². The molecule has 0 spiro atoms. The van der Waals surface area contributed by atoms with Crippen LogP contribution in [0.2, 0.25) is 10.0 Å². The number of aromatic nitrogens is 2. The van der Waals surface area contributed by atoms with E-state index in [1.54, 1.807) is 24.3 Å². The van der Waals surface area contributed by atoms with Gasteiger partial charge in [0.2, 0.25) is 0 Å². The SMILES string of the molecule is O=c1[nH]c2ccccc2nc1[C@H](Cl)c1ccc(Cl)cc1Cl. The fraction of sp³-hybridized carbons (Fsp3) is 0.0667. The summed E-state index contributed by atoms with van der Waals surface area (Å²) in [5, 5.41) is 0.160. The Hall–Kier alpha value is -1.55.